The summed E-state index contributed by atoms with van der Waals surface area (Å²) in [5.74, 6) is 1.02. The van der Waals surface area contributed by atoms with E-state index in [0.29, 0.717) is 0 Å². The molecule has 2 fully saturated rings. The van der Waals surface area contributed by atoms with Gasteiger partial charge >= 0.3 is 0 Å². The van der Waals surface area contributed by atoms with Gasteiger partial charge in [0.1, 0.15) is 25.7 Å². The molecule has 6 heteroatoms. The third-order valence-corrected chi connectivity index (χ3v) is 6.91. The number of piperazine rings is 1. The second-order valence-corrected chi connectivity index (χ2v) is 9.07. The first kappa shape index (κ1) is 18.6. The molecule has 2 N–H and O–H groups in total. The van der Waals surface area contributed by atoms with Gasteiger partial charge in [-0.3, -0.25) is 0 Å². The molecule has 2 saturated heterocycles. The number of quaternary nitrogens is 2. The maximum absolute atomic E-state index is 4.56. The minimum absolute atomic E-state index is 0.0817. The smallest absolute Gasteiger partial charge is 0.214 e. The summed E-state index contributed by atoms with van der Waals surface area (Å²) in [4.78, 5) is 3.44. The molecule has 0 spiro atoms. The first-order valence-electron chi connectivity index (χ1n) is 10.5. The van der Waals surface area contributed by atoms with Crippen LogP contribution in [0, 0.1) is 6.92 Å². The molecule has 2 aliphatic rings. The Bertz CT molecular complexity index is 765. The van der Waals surface area contributed by atoms with Gasteiger partial charge in [0.2, 0.25) is 5.82 Å². The molecule has 27 heavy (non-hydrogen) atoms. The number of nitrogens with zero attached hydrogens (tertiary/aromatic N) is 4. The maximum Gasteiger partial charge on any atom is 0.214 e. The fourth-order valence-electron chi connectivity index (χ4n) is 4.84. The second-order valence-electron chi connectivity index (χ2n) is 9.07. The van der Waals surface area contributed by atoms with E-state index in [9.17, 15) is 0 Å². The van der Waals surface area contributed by atoms with Crippen molar-refractivity contribution >= 4 is 0 Å². The molecule has 2 unspecified atom stereocenters. The number of tetrazole rings is 1. The molecule has 1 aromatic carbocycles. The van der Waals surface area contributed by atoms with Crippen LogP contribution >= 0.6 is 0 Å². The highest BCUT2D eigenvalue weighted by Crippen LogP contribution is 2.25. The predicted octanol–water partition coefficient (Wildman–Crippen LogP) is 0.162. The van der Waals surface area contributed by atoms with Crippen molar-refractivity contribution in [1.82, 2.24) is 20.2 Å². The van der Waals surface area contributed by atoms with Crippen LogP contribution in [0.25, 0.3) is 0 Å². The number of nitrogens with one attached hydrogen (secondary N) is 2. The highest BCUT2D eigenvalue weighted by Gasteiger charge is 2.43. The van der Waals surface area contributed by atoms with Gasteiger partial charge in [0, 0.05) is 18.4 Å². The lowest BCUT2D eigenvalue weighted by molar-refractivity contribution is -1.03. The van der Waals surface area contributed by atoms with Gasteiger partial charge in [0.05, 0.1) is 12.1 Å². The number of hydrogen-bond donors (Lipinski definition) is 2. The molecule has 0 radical (unpaired) electrons. The van der Waals surface area contributed by atoms with Crippen LogP contribution < -0.4 is 9.80 Å². The van der Waals surface area contributed by atoms with Gasteiger partial charge in [-0.1, -0.05) is 36.8 Å². The van der Waals surface area contributed by atoms with E-state index in [0.717, 1.165) is 18.3 Å². The molecule has 1 aromatic heterocycles. The van der Waals surface area contributed by atoms with Gasteiger partial charge < -0.3 is 9.80 Å². The largest absolute Gasteiger partial charge is 0.323 e. The molecule has 4 rings (SSSR count). The van der Waals surface area contributed by atoms with Gasteiger partial charge in [0.25, 0.3) is 0 Å². The van der Waals surface area contributed by atoms with Crippen LogP contribution in [-0.2, 0) is 5.54 Å². The van der Waals surface area contributed by atoms with E-state index in [1.54, 1.807) is 4.90 Å². The Morgan fingerprint density at radius 3 is 2.70 bits per heavy atom. The minimum Gasteiger partial charge on any atom is -0.323 e. The molecule has 0 aliphatic carbocycles. The van der Waals surface area contributed by atoms with E-state index in [4.69, 9.17) is 0 Å². The molecule has 2 aliphatic heterocycles. The summed E-state index contributed by atoms with van der Waals surface area (Å²) in [6, 6.07) is 9.99. The van der Waals surface area contributed by atoms with Crippen LogP contribution in [0.5, 0.6) is 0 Å². The van der Waals surface area contributed by atoms with Crippen molar-refractivity contribution in [2.24, 2.45) is 0 Å². The lowest BCUT2D eigenvalue weighted by Gasteiger charge is -2.37. The van der Waals surface area contributed by atoms with Gasteiger partial charge in [-0.25, -0.2) is 4.68 Å². The Morgan fingerprint density at radius 1 is 1.19 bits per heavy atom. The van der Waals surface area contributed by atoms with Crippen molar-refractivity contribution in [3.63, 3.8) is 0 Å². The number of hydrogen-bond acceptors (Lipinski definition) is 3. The molecule has 4 atom stereocenters. The standard InChI is InChI=1S/C21H32N6/c1-5-21(3,4)27-20(22-23-24-27)19(17-10-8-16(2)9-11-17)26-14-13-25-12-6-7-18(25)15-26/h8-11,18-19H,5-7,12-15H2,1-4H3/p+2/t18-,19-/m1/s1. The van der Waals surface area contributed by atoms with Crippen molar-refractivity contribution in [2.75, 3.05) is 26.2 Å². The topological polar surface area (TPSA) is 52.5 Å². The van der Waals surface area contributed by atoms with Crippen LogP contribution in [0.2, 0.25) is 0 Å². The molecule has 146 valence electrons. The van der Waals surface area contributed by atoms with Crippen LogP contribution in [0.1, 0.15) is 63.0 Å². The lowest BCUT2D eigenvalue weighted by atomic mass is 9.98. The summed E-state index contributed by atoms with van der Waals surface area (Å²) < 4.78 is 2.08. The fraction of sp³-hybridized carbons (Fsp3) is 0.667. The van der Waals surface area contributed by atoms with Crippen molar-refractivity contribution in [2.45, 2.75) is 64.6 Å². The normalized spacial score (nSPS) is 26.7. The van der Waals surface area contributed by atoms with Gasteiger partial charge in [-0.2, -0.15) is 0 Å². The van der Waals surface area contributed by atoms with Gasteiger partial charge in [0.15, 0.2) is 6.04 Å². The van der Waals surface area contributed by atoms with Crippen molar-refractivity contribution < 1.29 is 9.80 Å². The first-order valence-corrected chi connectivity index (χ1v) is 10.5. The average molecular weight is 371 g/mol. The number of aryl methyl sites for hydroxylation is 1. The molecule has 0 amide bonds. The highest BCUT2D eigenvalue weighted by molar-refractivity contribution is 5.26. The van der Waals surface area contributed by atoms with Crippen LogP contribution in [-0.4, -0.2) is 52.4 Å². The van der Waals surface area contributed by atoms with Crippen molar-refractivity contribution in [3.8, 4) is 0 Å². The number of aromatic nitrogens is 4. The SMILES string of the molecule is CCC(C)(C)n1nnnc1[C@@H](c1ccc(C)cc1)[NH+]1CC[NH+]2CCC[C@@H]2C1. The lowest BCUT2D eigenvalue weighted by Crippen LogP contribution is -3.29. The Balaban J connectivity index is 1.73. The number of benzene rings is 1. The Hall–Kier alpha value is -1.79. The van der Waals surface area contributed by atoms with E-state index in [1.807, 2.05) is 4.90 Å². The molecular weight excluding hydrogens is 336 g/mol. The van der Waals surface area contributed by atoms with E-state index < -0.39 is 0 Å². The quantitative estimate of drug-likeness (QED) is 0.789. The summed E-state index contributed by atoms with van der Waals surface area (Å²) >= 11 is 0. The van der Waals surface area contributed by atoms with Gasteiger partial charge in [-0.05, 0) is 37.6 Å². The van der Waals surface area contributed by atoms with E-state index in [1.165, 1.54) is 50.1 Å². The molecule has 0 bridgehead atoms. The summed E-state index contributed by atoms with van der Waals surface area (Å²) in [6.45, 7) is 13.8. The molecule has 3 heterocycles. The Morgan fingerprint density at radius 2 is 1.96 bits per heavy atom. The summed E-state index contributed by atoms with van der Waals surface area (Å²) in [7, 11) is 0. The zero-order valence-electron chi connectivity index (χ0n) is 17.2. The molecule has 2 aromatic rings. The third-order valence-electron chi connectivity index (χ3n) is 6.91. The average Bonchev–Trinajstić information content (AvgIpc) is 3.33. The van der Waals surface area contributed by atoms with Crippen LogP contribution in [0.3, 0.4) is 0 Å². The van der Waals surface area contributed by atoms with Gasteiger partial charge in [-0.15, -0.1) is 5.10 Å². The predicted molar refractivity (Wildman–Crippen MR) is 105 cm³/mol. The summed E-state index contributed by atoms with van der Waals surface area (Å²) in [6.07, 6.45) is 3.75. The maximum atomic E-state index is 4.56. The van der Waals surface area contributed by atoms with E-state index >= 15 is 0 Å². The summed E-state index contributed by atoms with van der Waals surface area (Å²) in [5.41, 5.74) is 2.55. The third kappa shape index (κ3) is 3.52. The zero-order chi connectivity index (χ0) is 19.0. The zero-order valence-corrected chi connectivity index (χ0v) is 17.2. The van der Waals surface area contributed by atoms with Crippen molar-refractivity contribution in [3.05, 3.63) is 41.2 Å². The highest BCUT2D eigenvalue weighted by atomic mass is 15.6. The molecule has 0 saturated carbocycles. The first-order chi connectivity index (χ1) is 13.0. The minimum atomic E-state index is -0.0817. The number of rotatable bonds is 5. The van der Waals surface area contributed by atoms with Crippen LogP contribution in [0.4, 0.5) is 0 Å². The van der Waals surface area contributed by atoms with Crippen LogP contribution in [0.15, 0.2) is 24.3 Å². The monoisotopic (exact) mass is 370 g/mol. The van der Waals surface area contributed by atoms with E-state index in [-0.39, 0.29) is 11.6 Å². The summed E-state index contributed by atoms with van der Waals surface area (Å²) in [5, 5.41) is 13.1. The Labute approximate surface area is 162 Å². The molecular formula is C21H34N6+2. The second kappa shape index (κ2) is 7.32. The Kier molecular flexibility index (Phi) is 5.03. The molecule has 6 nitrogen and oxygen atoms in total. The number of fused-ring (bicyclic) bond motifs is 1. The van der Waals surface area contributed by atoms with Crippen molar-refractivity contribution in [1.29, 1.82) is 0 Å². The fourth-order valence-corrected chi connectivity index (χ4v) is 4.84. The van der Waals surface area contributed by atoms with E-state index in [2.05, 4.69) is 72.2 Å².